The van der Waals surface area contributed by atoms with Gasteiger partial charge in [0.25, 0.3) is 11.8 Å². The zero-order valence-corrected chi connectivity index (χ0v) is 63.9. The lowest BCUT2D eigenvalue weighted by Gasteiger charge is -2.20. The van der Waals surface area contributed by atoms with Gasteiger partial charge in [-0.1, -0.05) is 0 Å². The Morgan fingerprint density at radius 2 is 0.395 bits per heavy atom. The molecule has 8 N–H and O–H groups in total. The summed E-state index contributed by atoms with van der Waals surface area (Å²) in [7, 11) is 0. The molecule has 0 saturated heterocycles. The van der Waals surface area contributed by atoms with Crippen molar-refractivity contribution in [1.82, 2.24) is 0 Å². The normalized spacial score (nSPS) is 14.4. The molecule has 4 aromatic carbocycles. The minimum Gasteiger partial charge on any atom is -0.459 e. The van der Waals surface area contributed by atoms with Gasteiger partial charge in [0.2, 0.25) is 0 Å². The summed E-state index contributed by atoms with van der Waals surface area (Å²) in [5.41, 5.74) is -12.0. The number of aliphatic hydroxyl groups excluding tert-OH is 6. The first kappa shape index (κ1) is 111. The number of ether oxygens (including phenoxy) is 12. The summed E-state index contributed by atoms with van der Waals surface area (Å²) < 4.78 is 445. The van der Waals surface area contributed by atoms with E-state index >= 15 is 0 Å². The minimum atomic E-state index is -6.20. The lowest BCUT2D eigenvalue weighted by Crippen LogP contribution is -2.41. The van der Waals surface area contributed by atoms with Crippen molar-refractivity contribution in [3.8, 4) is 0 Å². The highest BCUT2D eigenvalue weighted by atomic mass is 19.5. The predicted octanol–water partition coefficient (Wildman–Crippen LogP) is 10.0. The molecule has 0 bridgehead atoms. The molecule has 0 spiro atoms. The van der Waals surface area contributed by atoms with Crippen LogP contribution >= 0.6 is 0 Å². The number of rotatable bonds is 49. The molecule has 129 heavy (non-hydrogen) atoms. The van der Waals surface area contributed by atoms with Crippen molar-refractivity contribution in [2.24, 2.45) is 0 Å². The van der Waals surface area contributed by atoms with Crippen molar-refractivity contribution in [3.05, 3.63) is 128 Å². The quantitative estimate of drug-likeness (QED) is 0.00881. The van der Waals surface area contributed by atoms with E-state index in [0.29, 0.717) is 72.8 Å². The number of ketones is 1. The van der Waals surface area contributed by atoms with Crippen molar-refractivity contribution in [2.75, 3.05) is 130 Å². The number of Topliss-reactive ketones (excluding diaryl/α,β-unsaturated/α-hetero) is 1. The predicted molar refractivity (Wildman–Crippen MR) is 358 cm³/mol. The largest absolute Gasteiger partial charge is 0.459 e. The van der Waals surface area contributed by atoms with Crippen LogP contribution in [-0.2, 0) is 63.3 Å². The maximum Gasteiger partial charge on any atom is 0.455 e. The SMILES string of the molecule is O=C(Cc1cc(C(=O)OCC(O)COCC(F)(F)C(F)(F)F)cc(C(=O)OCC(O)COCC(F)(F)C(F)(F)F)c1)c1cc(C(=O)Nc2cc(C(=O)OCC(O)COCC(F)(F)C(F)(F)F)cc(C(=O)OCC(O)COCC(F)(F)C(F)(F)F)c2)cc(C(=O)Nc2cc(C(=O)OCC(O)COCC(F)(F)C(F)(F)F)cc(C(=O)OCC(O)COCC(F)(F)C(F)(F)F)c2)c1. The highest BCUT2D eigenvalue weighted by molar-refractivity contribution is 6.13. The molecule has 0 aliphatic carbocycles. The lowest BCUT2D eigenvalue weighted by atomic mass is 9.96. The first-order chi connectivity index (χ1) is 58.9. The van der Waals surface area contributed by atoms with Crippen LogP contribution in [0.3, 0.4) is 0 Å². The average Bonchev–Trinajstić information content (AvgIpc) is 0.733. The molecule has 4 rings (SSSR count). The van der Waals surface area contributed by atoms with E-state index in [9.17, 15) is 206 Å². The highest BCUT2D eigenvalue weighted by Crippen LogP contribution is 2.41. The molecule has 0 saturated carbocycles. The third-order valence-corrected chi connectivity index (χ3v) is 15.4. The van der Waals surface area contributed by atoms with Crippen LogP contribution in [0.5, 0.6) is 0 Å². The van der Waals surface area contributed by atoms with Crippen molar-refractivity contribution < 1.29 is 262 Å². The summed E-state index contributed by atoms with van der Waals surface area (Å²) in [5.74, 6) is -48.9. The number of carbonyl (C=O) groups excluding carboxylic acids is 9. The van der Waals surface area contributed by atoms with Gasteiger partial charge in [-0.05, 0) is 78.4 Å². The van der Waals surface area contributed by atoms with Gasteiger partial charge in [-0.2, -0.15) is 132 Å². The fraction of sp³-hybridized carbons (Fsp3) is 0.529. The van der Waals surface area contributed by atoms with Gasteiger partial charge in [0, 0.05) is 34.5 Å². The number of anilines is 2. The van der Waals surface area contributed by atoms with Crippen LogP contribution in [0.2, 0.25) is 0 Å². The molecule has 29 nitrogen and oxygen atoms in total. The fourth-order valence-electron chi connectivity index (χ4n) is 8.90. The van der Waals surface area contributed by atoms with Crippen LogP contribution in [0.4, 0.5) is 143 Å². The van der Waals surface area contributed by atoms with Crippen molar-refractivity contribution in [3.63, 3.8) is 0 Å². The standard InChI is InChI=1S/C70H64F30N2O27/c71-59(72,65(83,84)85)26-118-14-44(103)20-124-53(112)36-1-32(2-37(7-36)54(113)125-21-45(104)15-119-27-60(73,74)66(86,87)88)3-50(109)33-4-34(51(110)101-42-10-38(55(114)126-22-46(105)16-120-28-61(75,76)67(89,90)91)8-39(11-42)56(115)127-23-47(106)17-121-29-62(77,78)68(92,93)94)6-35(5-33)52(111)102-43-12-40(57(116)128-24-48(107)18-122-30-63(79,80)69(95,96)97)9-41(13-43)58(117)129-25-49(108)19-123-31-64(81,82)70(98,99)100/h1-2,4-13,44-49,103-108H,3,14-31H2,(H,101,110)(H,102,111). The zero-order chi connectivity index (χ0) is 98.4. The molecule has 4 aromatic rings. The zero-order valence-electron chi connectivity index (χ0n) is 63.9. The molecule has 0 fully saturated rings. The Hall–Kier alpha value is -10.3. The number of aliphatic hydroxyl groups is 6. The van der Waals surface area contributed by atoms with E-state index in [4.69, 9.17) is 28.4 Å². The van der Waals surface area contributed by atoms with Crippen LogP contribution < -0.4 is 10.6 Å². The molecule has 0 aliphatic heterocycles. The van der Waals surface area contributed by atoms with Crippen LogP contribution in [-0.4, -0.2) is 312 Å². The molecule has 2 amide bonds. The molecule has 0 aliphatic rings. The summed E-state index contributed by atoms with van der Waals surface area (Å²) in [5, 5.41) is 65.4. The molecule has 0 heterocycles. The summed E-state index contributed by atoms with van der Waals surface area (Å²) >= 11 is 0. The Bertz CT molecular complexity index is 3820. The number of amides is 2. The van der Waals surface area contributed by atoms with Crippen molar-refractivity contribution in [1.29, 1.82) is 0 Å². The minimum absolute atomic E-state index is 0.432. The highest BCUT2D eigenvalue weighted by Gasteiger charge is 2.62. The van der Waals surface area contributed by atoms with Gasteiger partial charge in [-0.3, -0.25) is 14.4 Å². The first-order valence-electron chi connectivity index (χ1n) is 34.9. The summed E-state index contributed by atoms with van der Waals surface area (Å²) in [6.45, 7) is -31.8. The molecule has 726 valence electrons. The summed E-state index contributed by atoms with van der Waals surface area (Å²) in [6.07, 6.45) is -52.4. The van der Waals surface area contributed by atoms with E-state index in [1.165, 1.54) is 0 Å². The van der Waals surface area contributed by atoms with E-state index < -0.39 is 355 Å². The van der Waals surface area contributed by atoms with E-state index in [1.54, 1.807) is 0 Å². The van der Waals surface area contributed by atoms with Gasteiger partial charge >= 0.3 is 108 Å². The van der Waals surface area contributed by atoms with Crippen LogP contribution in [0.25, 0.3) is 0 Å². The van der Waals surface area contributed by atoms with E-state index in [-0.39, 0.29) is 0 Å². The number of esters is 6. The van der Waals surface area contributed by atoms with Gasteiger partial charge < -0.3 is 98.1 Å². The summed E-state index contributed by atoms with van der Waals surface area (Å²) in [4.78, 5) is 125. The van der Waals surface area contributed by atoms with Crippen LogP contribution in [0.1, 0.15) is 98.8 Å². The number of halogens is 30. The lowest BCUT2D eigenvalue weighted by molar-refractivity contribution is -0.298. The average molecular weight is 1940 g/mol. The molecular weight excluding hydrogens is 1870 g/mol. The number of nitrogens with one attached hydrogen (secondary N) is 2. The Labute approximate surface area is 699 Å². The van der Waals surface area contributed by atoms with Gasteiger partial charge in [0.1, 0.15) is 116 Å². The molecule has 0 radical (unpaired) electrons. The Morgan fingerprint density at radius 1 is 0.233 bits per heavy atom. The van der Waals surface area contributed by atoms with E-state index in [2.05, 4.69) is 28.4 Å². The molecule has 0 aromatic heterocycles. The topological polar surface area (TPSA) is 410 Å². The number of benzene rings is 4. The second-order valence-electron chi connectivity index (χ2n) is 26.6. The van der Waals surface area contributed by atoms with Crippen LogP contribution in [0, 0.1) is 0 Å². The Kier molecular flexibility index (Phi) is 39.2. The second kappa shape index (κ2) is 45.5. The molecule has 59 heteroatoms. The number of alkyl halides is 30. The van der Waals surface area contributed by atoms with Crippen LogP contribution in [0.15, 0.2) is 72.8 Å². The van der Waals surface area contributed by atoms with Gasteiger partial charge in [0.05, 0.1) is 73.0 Å². The fourth-order valence-corrected chi connectivity index (χ4v) is 8.90. The second-order valence-corrected chi connectivity index (χ2v) is 26.6. The number of hydrogen-bond donors (Lipinski definition) is 8. The molecule has 6 atom stereocenters. The monoisotopic (exact) mass is 1930 g/mol. The Balaban J connectivity index is 1.96. The van der Waals surface area contributed by atoms with Gasteiger partial charge in [0.15, 0.2) is 5.78 Å². The van der Waals surface area contributed by atoms with Crippen molar-refractivity contribution >= 4 is 64.8 Å². The maximum atomic E-state index is 14.8. The third-order valence-electron chi connectivity index (χ3n) is 15.4. The molecule has 6 unspecified atom stereocenters. The van der Waals surface area contributed by atoms with E-state index in [1.807, 2.05) is 10.6 Å². The van der Waals surface area contributed by atoms with Gasteiger partial charge in [-0.15, -0.1) is 0 Å². The number of carbonyl (C=O) groups is 9. The van der Waals surface area contributed by atoms with E-state index in [0.717, 1.165) is 0 Å². The third kappa shape index (κ3) is 35.2. The number of hydrogen-bond acceptors (Lipinski definition) is 27. The van der Waals surface area contributed by atoms with Gasteiger partial charge in [-0.25, -0.2) is 28.8 Å². The summed E-state index contributed by atoms with van der Waals surface area (Å²) in [6, 6.07) is 5.86. The smallest absolute Gasteiger partial charge is 0.455 e. The molecular formula is C70H64F30N2O27. The van der Waals surface area contributed by atoms with Crippen molar-refractivity contribution in [2.45, 2.75) is 116 Å². The maximum absolute atomic E-state index is 14.8. The Morgan fingerprint density at radius 3 is 0.574 bits per heavy atom. The first-order valence-corrected chi connectivity index (χ1v) is 34.9.